The Morgan fingerprint density at radius 1 is 1.33 bits per heavy atom. The highest BCUT2D eigenvalue weighted by atomic mass is 16.2. The number of benzene rings is 1. The maximum Gasteiger partial charge on any atom is 0.222 e. The molecule has 1 aromatic rings. The number of nitrogens with two attached hydrogens (primary N) is 1. The van der Waals surface area contributed by atoms with Gasteiger partial charge in [-0.05, 0) is 24.3 Å². The highest BCUT2D eigenvalue weighted by Crippen LogP contribution is 2.16. The van der Waals surface area contributed by atoms with Gasteiger partial charge in [0.05, 0.1) is 0 Å². The van der Waals surface area contributed by atoms with Crippen LogP contribution in [0.25, 0.3) is 0 Å². The number of hydrogen-bond donors (Lipinski definition) is 1. The second-order valence-electron chi connectivity index (χ2n) is 5.28. The number of aryl methyl sites for hydroxylation is 1. The van der Waals surface area contributed by atoms with Crippen LogP contribution in [0.5, 0.6) is 0 Å². The van der Waals surface area contributed by atoms with E-state index in [4.69, 9.17) is 5.73 Å². The molecule has 3 heteroatoms. The molecule has 1 aliphatic heterocycles. The lowest BCUT2D eigenvalue weighted by Crippen LogP contribution is -2.32. The molecule has 1 aliphatic rings. The number of carbonyl (C=O) groups excluding carboxylic acids is 1. The first-order valence-corrected chi connectivity index (χ1v) is 6.74. The molecule has 2 N–H and O–H groups in total. The molecule has 2 rings (SSSR count). The van der Waals surface area contributed by atoms with Crippen molar-refractivity contribution in [3.05, 3.63) is 35.9 Å². The van der Waals surface area contributed by atoms with Gasteiger partial charge in [-0.15, -0.1) is 0 Å². The van der Waals surface area contributed by atoms with Crippen molar-refractivity contribution in [2.24, 2.45) is 11.7 Å². The van der Waals surface area contributed by atoms with E-state index >= 15 is 0 Å². The van der Waals surface area contributed by atoms with Crippen LogP contribution in [0.1, 0.15) is 25.3 Å². The molecule has 18 heavy (non-hydrogen) atoms. The molecule has 98 valence electrons. The Morgan fingerprint density at radius 2 is 2.06 bits per heavy atom. The predicted molar refractivity (Wildman–Crippen MR) is 73.1 cm³/mol. The molecular weight excluding hydrogens is 224 g/mol. The van der Waals surface area contributed by atoms with Gasteiger partial charge in [0.25, 0.3) is 0 Å². The number of likely N-dealkylation sites (tertiary alicyclic amines) is 1. The zero-order valence-corrected chi connectivity index (χ0v) is 11.0. The minimum atomic E-state index is 0.156. The fraction of sp³-hybridized carbons (Fsp3) is 0.533. The van der Waals surface area contributed by atoms with E-state index in [1.807, 2.05) is 23.1 Å². The van der Waals surface area contributed by atoms with Crippen molar-refractivity contribution in [1.29, 1.82) is 0 Å². The van der Waals surface area contributed by atoms with Gasteiger partial charge in [-0.1, -0.05) is 37.3 Å². The molecule has 2 atom stereocenters. The topological polar surface area (TPSA) is 46.3 Å². The molecule has 0 aliphatic carbocycles. The quantitative estimate of drug-likeness (QED) is 0.880. The van der Waals surface area contributed by atoms with E-state index in [1.54, 1.807) is 0 Å². The first-order valence-electron chi connectivity index (χ1n) is 6.74. The smallest absolute Gasteiger partial charge is 0.222 e. The highest BCUT2D eigenvalue weighted by Gasteiger charge is 2.29. The van der Waals surface area contributed by atoms with Gasteiger partial charge >= 0.3 is 0 Å². The zero-order valence-electron chi connectivity index (χ0n) is 11.0. The summed E-state index contributed by atoms with van der Waals surface area (Å²) in [6.45, 7) is 3.67. The van der Waals surface area contributed by atoms with Crippen LogP contribution in [0, 0.1) is 5.92 Å². The van der Waals surface area contributed by atoms with Crippen LogP contribution >= 0.6 is 0 Å². The van der Waals surface area contributed by atoms with Crippen LogP contribution in [-0.4, -0.2) is 29.9 Å². The van der Waals surface area contributed by atoms with E-state index in [0.29, 0.717) is 12.3 Å². The Hall–Kier alpha value is -1.35. The minimum Gasteiger partial charge on any atom is -0.341 e. The highest BCUT2D eigenvalue weighted by molar-refractivity contribution is 5.76. The molecular formula is C15H22N2O. The standard InChI is InChI=1S/C15H22N2O/c1-12-10-17(11-14(12)16)15(18)9-5-8-13-6-3-2-4-7-13/h2-4,6-7,12,14H,5,8-11,16H2,1H3. The van der Waals surface area contributed by atoms with Crippen molar-refractivity contribution >= 4 is 5.91 Å². The van der Waals surface area contributed by atoms with Gasteiger partial charge in [-0.2, -0.15) is 0 Å². The number of carbonyl (C=O) groups is 1. The van der Waals surface area contributed by atoms with Gasteiger partial charge in [0.1, 0.15) is 0 Å². The fourth-order valence-corrected chi connectivity index (χ4v) is 2.44. The largest absolute Gasteiger partial charge is 0.341 e. The van der Waals surface area contributed by atoms with E-state index in [1.165, 1.54) is 5.56 Å². The maximum absolute atomic E-state index is 12.0. The maximum atomic E-state index is 12.0. The summed E-state index contributed by atoms with van der Waals surface area (Å²) in [7, 11) is 0. The third-order valence-corrected chi connectivity index (χ3v) is 3.72. The zero-order chi connectivity index (χ0) is 13.0. The van der Waals surface area contributed by atoms with Crippen LogP contribution in [0.3, 0.4) is 0 Å². The molecule has 0 saturated carbocycles. The minimum absolute atomic E-state index is 0.156. The van der Waals surface area contributed by atoms with Gasteiger partial charge in [-0.25, -0.2) is 0 Å². The summed E-state index contributed by atoms with van der Waals surface area (Å²) >= 11 is 0. The number of amides is 1. The summed E-state index contributed by atoms with van der Waals surface area (Å²) in [4.78, 5) is 13.9. The van der Waals surface area contributed by atoms with Crippen LogP contribution in [-0.2, 0) is 11.2 Å². The summed E-state index contributed by atoms with van der Waals surface area (Å²) in [6, 6.07) is 10.5. The number of nitrogens with zero attached hydrogens (tertiary/aromatic N) is 1. The molecule has 0 spiro atoms. The molecule has 0 aromatic heterocycles. The Kier molecular flexibility index (Phi) is 4.37. The van der Waals surface area contributed by atoms with Gasteiger partial charge in [0.15, 0.2) is 0 Å². The second-order valence-corrected chi connectivity index (χ2v) is 5.28. The van der Waals surface area contributed by atoms with E-state index in [9.17, 15) is 4.79 Å². The molecule has 2 unspecified atom stereocenters. The average Bonchev–Trinajstić information content (AvgIpc) is 2.71. The third kappa shape index (κ3) is 3.33. The molecule has 1 amide bonds. The molecule has 0 radical (unpaired) electrons. The van der Waals surface area contributed by atoms with Crippen LogP contribution < -0.4 is 5.73 Å². The fourth-order valence-electron chi connectivity index (χ4n) is 2.44. The molecule has 1 aromatic carbocycles. The van der Waals surface area contributed by atoms with Crippen molar-refractivity contribution in [3.63, 3.8) is 0 Å². The summed E-state index contributed by atoms with van der Waals surface area (Å²) in [6.07, 6.45) is 2.53. The van der Waals surface area contributed by atoms with Crippen molar-refractivity contribution in [2.45, 2.75) is 32.2 Å². The van der Waals surface area contributed by atoms with Crippen molar-refractivity contribution in [1.82, 2.24) is 4.90 Å². The lowest BCUT2D eigenvalue weighted by atomic mass is 10.1. The van der Waals surface area contributed by atoms with Crippen LogP contribution in [0.4, 0.5) is 0 Å². The first kappa shape index (κ1) is 13.1. The van der Waals surface area contributed by atoms with Gasteiger partial charge < -0.3 is 10.6 Å². The summed E-state index contributed by atoms with van der Waals surface area (Å²) < 4.78 is 0. The van der Waals surface area contributed by atoms with E-state index in [-0.39, 0.29) is 11.9 Å². The second kappa shape index (κ2) is 6.01. The number of hydrogen-bond acceptors (Lipinski definition) is 2. The van der Waals surface area contributed by atoms with Crippen molar-refractivity contribution < 1.29 is 4.79 Å². The molecule has 1 fully saturated rings. The Labute approximate surface area is 109 Å². The lowest BCUT2D eigenvalue weighted by Gasteiger charge is -2.15. The first-order chi connectivity index (χ1) is 8.66. The number of rotatable bonds is 4. The molecule has 0 bridgehead atoms. The normalized spacial score (nSPS) is 23.3. The SMILES string of the molecule is CC1CN(C(=O)CCCc2ccccc2)CC1N. The molecule has 3 nitrogen and oxygen atoms in total. The summed E-state index contributed by atoms with van der Waals surface area (Å²) in [5.74, 6) is 0.689. The van der Waals surface area contributed by atoms with Gasteiger partial charge in [-0.3, -0.25) is 4.79 Å². The lowest BCUT2D eigenvalue weighted by molar-refractivity contribution is -0.130. The molecule has 1 heterocycles. The Morgan fingerprint density at radius 3 is 2.67 bits per heavy atom. The summed E-state index contributed by atoms with van der Waals surface area (Å²) in [5.41, 5.74) is 7.23. The van der Waals surface area contributed by atoms with Gasteiger partial charge in [0.2, 0.25) is 5.91 Å². The predicted octanol–water partition coefficient (Wildman–Crippen LogP) is 1.81. The Balaban J connectivity index is 1.73. The van der Waals surface area contributed by atoms with Crippen molar-refractivity contribution in [3.8, 4) is 0 Å². The van der Waals surface area contributed by atoms with Crippen LogP contribution in [0.15, 0.2) is 30.3 Å². The van der Waals surface area contributed by atoms with Gasteiger partial charge in [0, 0.05) is 25.6 Å². The summed E-state index contributed by atoms with van der Waals surface area (Å²) in [5, 5.41) is 0. The average molecular weight is 246 g/mol. The van der Waals surface area contributed by atoms with Crippen molar-refractivity contribution in [2.75, 3.05) is 13.1 Å². The molecule has 1 saturated heterocycles. The Bertz CT molecular complexity index is 381. The van der Waals surface area contributed by atoms with E-state index < -0.39 is 0 Å². The third-order valence-electron chi connectivity index (χ3n) is 3.72. The van der Waals surface area contributed by atoms with E-state index in [2.05, 4.69) is 19.1 Å². The van der Waals surface area contributed by atoms with E-state index in [0.717, 1.165) is 25.9 Å². The monoisotopic (exact) mass is 246 g/mol. The van der Waals surface area contributed by atoms with Crippen LogP contribution in [0.2, 0.25) is 0 Å².